The lowest BCUT2D eigenvalue weighted by atomic mass is 10.2. The Balaban J connectivity index is 2.22. The number of benzene rings is 2. The molecule has 0 saturated carbocycles. The highest BCUT2D eigenvalue weighted by Crippen LogP contribution is 2.35. The van der Waals surface area contributed by atoms with Gasteiger partial charge in [0.15, 0.2) is 0 Å². The van der Waals surface area contributed by atoms with Crippen molar-refractivity contribution in [3.63, 3.8) is 0 Å². The second-order valence-electron chi connectivity index (χ2n) is 4.77. The molecule has 0 bridgehead atoms. The van der Waals surface area contributed by atoms with Crippen LogP contribution >= 0.6 is 35.0 Å². The van der Waals surface area contributed by atoms with E-state index in [1.54, 1.807) is 36.4 Å². The van der Waals surface area contributed by atoms with Gasteiger partial charge in [0.1, 0.15) is 0 Å². The molecule has 0 N–H and O–H groups in total. The quantitative estimate of drug-likeness (QED) is 0.720. The van der Waals surface area contributed by atoms with Crippen molar-refractivity contribution >= 4 is 45.0 Å². The van der Waals surface area contributed by atoms with Gasteiger partial charge in [-0.2, -0.15) is 0 Å². The minimum Gasteiger partial charge on any atom is -0.207 e. The van der Waals surface area contributed by atoms with Gasteiger partial charge in [-0.15, -0.1) is 11.8 Å². The van der Waals surface area contributed by atoms with Gasteiger partial charge in [0.25, 0.3) is 0 Å². The summed E-state index contributed by atoms with van der Waals surface area (Å²) in [4.78, 5) is 1.08. The van der Waals surface area contributed by atoms with Crippen molar-refractivity contribution in [1.29, 1.82) is 0 Å². The number of hydrogen-bond donors (Lipinski definition) is 0. The molecule has 0 aliphatic heterocycles. The maximum absolute atomic E-state index is 12.1. The fraction of sp³-hybridized carbons (Fsp3) is 0.200. The lowest BCUT2D eigenvalue weighted by Gasteiger charge is -2.12. The van der Waals surface area contributed by atoms with Crippen LogP contribution < -0.4 is 0 Å². The van der Waals surface area contributed by atoms with E-state index in [1.807, 2.05) is 6.07 Å². The van der Waals surface area contributed by atoms with Crippen molar-refractivity contribution in [3.8, 4) is 0 Å². The molecule has 3 nitrogen and oxygen atoms in total. The first kappa shape index (κ1) is 17.6. The van der Waals surface area contributed by atoms with Crippen molar-refractivity contribution in [1.82, 2.24) is 4.31 Å². The van der Waals surface area contributed by atoms with Gasteiger partial charge in [0.2, 0.25) is 10.0 Å². The minimum atomic E-state index is -3.43. The smallest absolute Gasteiger partial charge is 0.207 e. The third-order valence-corrected chi connectivity index (χ3v) is 6.85. The van der Waals surface area contributed by atoms with E-state index in [1.165, 1.54) is 30.2 Å². The van der Waals surface area contributed by atoms with Gasteiger partial charge in [0, 0.05) is 24.7 Å². The van der Waals surface area contributed by atoms with Crippen LogP contribution in [-0.4, -0.2) is 26.8 Å². The molecule has 22 heavy (non-hydrogen) atoms. The fourth-order valence-electron chi connectivity index (χ4n) is 1.78. The topological polar surface area (TPSA) is 37.4 Å². The zero-order valence-electron chi connectivity index (χ0n) is 12.1. The molecule has 2 aromatic rings. The average Bonchev–Trinajstić information content (AvgIpc) is 2.47. The summed E-state index contributed by atoms with van der Waals surface area (Å²) in [6, 6.07) is 12.2. The van der Waals surface area contributed by atoms with Crippen LogP contribution in [0.1, 0.15) is 5.56 Å². The fourth-order valence-corrected chi connectivity index (χ4v) is 4.38. The van der Waals surface area contributed by atoms with Crippen LogP contribution in [0.5, 0.6) is 0 Å². The Morgan fingerprint density at radius 1 is 1.05 bits per heavy atom. The summed E-state index contributed by atoms with van der Waals surface area (Å²) in [6.07, 6.45) is 0. The van der Waals surface area contributed by atoms with E-state index in [0.717, 1.165) is 10.5 Å². The van der Waals surface area contributed by atoms with Crippen LogP contribution in [0.25, 0.3) is 0 Å². The summed E-state index contributed by atoms with van der Waals surface area (Å²) in [7, 11) is -0.398. The zero-order valence-corrected chi connectivity index (χ0v) is 15.2. The van der Waals surface area contributed by atoms with Gasteiger partial charge < -0.3 is 0 Å². The first-order valence-electron chi connectivity index (χ1n) is 6.40. The van der Waals surface area contributed by atoms with Gasteiger partial charge in [-0.05, 0) is 29.8 Å². The number of rotatable bonds is 5. The third-order valence-electron chi connectivity index (χ3n) is 2.98. The molecule has 0 heterocycles. The summed E-state index contributed by atoms with van der Waals surface area (Å²) in [5.41, 5.74) is 0.893. The van der Waals surface area contributed by atoms with E-state index >= 15 is 0 Å². The van der Waals surface area contributed by atoms with Crippen molar-refractivity contribution in [2.75, 3.05) is 14.1 Å². The normalized spacial score (nSPS) is 11.9. The molecule has 7 heteroatoms. The number of halogens is 2. The maximum Gasteiger partial charge on any atom is 0.242 e. The van der Waals surface area contributed by atoms with Crippen LogP contribution in [0, 0.1) is 0 Å². The molecule has 0 saturated heterocycles. The molecular formula is C15H15Cl2NO2S2. The molecule has 0 fully saturated rings. The summed E-state index contributed by atoms with van der Waals surface area (Å²) in [6.45, 7) is 0. The van der Waals surface area contributed by atoms with Gasteiger partial charge >= 0.3 is 0 Å². The molecule has 0 aliphatic rings. The Labute approximate surface area is 145 Å². The van der Waals surface area contributed by atoms with Gasteiger partial charge in [-0.3, -0.25) is 0 Å². The highest BCUT2D eigenvalue weighted by molar-refractivity contribution is 7.98. The Kier molecular flexibility index (Phi) is 5.80. The SMILES string of the molecule is CN(C)S(=O)(=O)c1cccc(CSc2c(Cl)cccc2Cl)c1. The summed E-state index contributed by atoms with van der Waals surface area (Å²) in [5, 5.41) is 1.18. The summed E-state index contributed by atoms with van der Waals surface area (Å²) in [5.74, 6) is 0.584. The largest absolute Gasteiger partial charge is 0.242 e. The molecule has 2 aromatic carbocycles. The van der Waals surface area contributed by atoms with E-state index in [4.69, 9.17) is 23.2 Å². The second-order valence-corrected chi connectivity index (χ2v) is 8.73. The van der Waals surface area contributed by atoms with Crippen LogP contribution in [-0.2, 0) is 15.8 Å². The second kappa shape index (κ2) is 7.23. The molecule has 2 rings (SSSR count). The van der Waals surface area contributed by atoms with Crippen LogP contribution in [0.15, 0.2) is 52.3 Å². The maximum atomic E-state index is 12.1. The van der Waals surface area contributed by atoms with E-state index in [0.29, 0.717) is 15.8 Å². The number of hydrogen-bond acceptors (Lipinski definition) is 3. The van der Waals surface area contributed by atoms with Crippen molar-refractivity contribution in [3.05, 3.63) is 58.1 Å². The molecule has 0 unspecified atom stereocenters. The van der Waals surface area contributed by atoms with Gasteiger partial charge in [-0.25, -0.2) is 12.7 Å². The van der Waals surface area contributed by atoms with Gasteiger partial charge in [0.05, 0.1) is 14.9 Å². The highest BCUT2D eigenvalue weighted by Gasteiger charge is 2.17. The lowest BCUT2D eigenvalue weighted by Crippen LogP contribution is -2.22. The summed E-state index contributed by atoms with van der Waals surface area (Å²) >= 11 is 13.7. The van der Waals surface area contributed by atoms with Crippen LogP contribution in [0.4, 0.5) is 0 Å². The third kappa shape index (κ3) is 3.97. The van der Waals surface area contributed by atoms with E-state index < -0.39 is 10.0 Å². The average molecular weight is 376 g/mol. The van der Waals surface area contributed by atoms with Crippen LogP contribution in [0.2, 0.25) is 10.0 Å². The Hall–Kier alpha value is -0.720. The molecule has 0 atom stereocenters. The number of sulfonamides is 1. The number of thioether (sulfide) groups is 1. The predicted molar refractivity (Wildman–Crippen MR) is 93.3 cm³/mol. The molecule has 0 aromatic heterocycles. The summed E-state index contributed by atoms with van der Waals surface area (Å²) < 4.78 is 25.5. The first-order valence-corrected chi connectivity index (χ1v) is 9.59. The monoisotopic (exact) mass is 375 g/mol. The van der Waals surface area contributed by atoms with E-state index in [9.17, 15) is 8.42 Å². The molecule has 118 valence electrons. The number of nitrogens with zero attached hydrogens (tertiary/aromatic N) is 1. The predicted octanol–water partition coefficient (Wildman–Crippen LogP) is 4.54. The lowest BCUT2D eigenvalue weighted by molar-refractivity contribution is 0.520. The van der Waals surface area contributed by atoms with E-state index in [2.05, 4.69) is 0 Å². The minimum absolute atomic E-state index is 0.279. The standard InChI is InChI=1S/C15H15Cl2NO2S2/c1-18(2)22(19,20)12-6-3-5-11(9-12)10-21-15-13(16)7-4-8-14(15)17/h3-9H,10H2,1-2H3. The molecule has 0 aliphatic carbocycles. The zero-order chi connectivity index (χ0) is 16.3. The first-order chi connectivity index (χ1) is 10.3. The van der Waals surface area contributed by atoms with Crippen LogP contribution in [0.3, 0.4) is 0 Å². The highest BCUT2D eigenvalue weighted by atomic mass is 35.5. The van der Waals surface area contributed by atoms with Gasteiger partial charge in [-0.1, -0.05) is 41.4 Å². The molecule has 0 spiro atoms. The molecule has 0 radical (unpaired) electrons. The van der Waals surface area contributed by atoms with E-state index in [-0.39, 0.29) is 4.90 Å². The molecular weight excluding hydrogens is 361 g/mol. The Bertz CT molecular complexity index is 757. The van der Waals surface area contributed by atoms with Crippen molar-refractivity contribution in [2.45, 2.75) is 15.5 Å². The van der Waals surface area contributed by atoms with Crippen molar-refractivity contribution < 1.29 is 8.42 Å². The molecule has 0 amide bonds. The van der Waals surface area contributed by atoms with Crippen molar-refractivity contribution in [2.24, 2.45) is 0 Å². The Morgan fingerprint density at radius 2 is 1.64 bits per heavy atom. The Morgan fingerprint density at radius 3 is 2.23 bits per heavy atom.